The lowest BCUT2D eigenvalue weighted by Gasteiger charge is -2.00. The highest BCUT2D eigenvalue weighted by Gasteiger charge is 2.14. The summed E-state index contributed by atoms with van der Waals surface area (Å²) in [6, 6.07) is 5.10. The Hall–Kier alpha value is -2.54. The normalized spacial score (nSPS) is 10.7. The van der Waals surface area contributed by atoms with Crippen molar-refractivity contribution >= 4 is 22.4 Å². The zero-order valence-corrected chi connectivity index (χ0v) is 12.2. The number of aryl methyl sites for hydroxylation is 1. The lowest BCUT2D eigenvalue weighted by Crippen LogP contribution is -2.11. The number of thiazole rings is 1. The number of benzene rings is 1. The molecule has 0 fully saturated rings. The fourth-order valence-corrected chi connectivity index (χ4v) is 2.62. The minimum absolute atomic E-state index is 0.336. The summed E-state index contributed by atoms with van der Waals surface area (Å²) in [5, 5.41) is 4.67. The van der Waals surface area contributed by atoms with E-state index in [-0.39, 0.29) is 5.91 Å². The Balaban J connectivity index is 1.80. The first-order valence-corrected chi connectivity index (χ1v) is 7.19. The van der Waals surface area contributed by atoms with Crippen LogP contribution >= 0.6 is 11.3 Å². The zero-order chi connectivity index (χ0) is 15.7. The quantitative estimate of drug-likeness (QED) is 0.785. The van der Waals surface area contributed by atoms with E-state index in [0.717, 1.165) is 12.1 Å². The predicted molar refractivity (Wildman–Crippen MR) is 78.9 cm³/mol. The second-order valence-electron chi connectivity index (χ2n) is 4.51. The van der Waals surface area contributed by atoms with Crippen LogP contribution in [-0.2, 0) is 0 Å². The first-order chi connectivity index (χ1) is 10.5. The van der Waals surface area contributed by atoms with Crippen LogP contribution in [0.15, 0.2) is 40.3 Å². The van der Waals surface area contributed by atoms with Crippen LogP contribution in [-0.4, -0.2) is 10.9 Å². The Morgan fingerprint density at radius 3 is 2.77 bits per heavy atom. The molecule has 3 rings (SSSR count). The van der Waals surface area contributed by atoms with Gasteiger partial charge in [0.1, 0.15) is 5.76 Å². The fourth-order valence-electron chi connectivity index (χ4n) is 1.90. The Labute approximate surface area is 128 Å². The number of amides is 1. The van der Waals surface area contributed by atoms with E-state index < -0.39 is 11.6 Å². The van der Waals surface area contributed by atoms with Gasteiger partial charge in [-0.3, -0.25) is 10.1 Å². The Morgan fingerprint density at radius 2 is 2.09 bits per heavy atom. The molecule has 1 amide bonds. The van der Waals surface area contributed by atoms with Crippen LogP contribution in [0.4, 0.5) is 13.9 Å². The molecule has 2 aromatic heterocycles. The summed E-state index contributed by atoms with van der Waals surface area (Å²) in [5.74, 6) is -1.68. The molecular weight excluding hydrogens is 310 g/mol. The number of halogens is 2. The number of nitrogens with zero attached hydrogens (tertiary/aromatic N) is 1. The number of carbonyl (C=O) groups is 1. The molecule has 0 saturated carbocycles. The number of nitrogens with one attached hydrogen (secondary N) is 1. The fraction of sp³-hybridized carbons (Fsp3) is 0.0667. The van der Waals surface area contributed by atoms with Crippen LogP contribution in [0.1, 0.15) is 16.1 Å². The van der Waals surface area contributed by atoms with Crippen LogP contribution < -0.4 is 5.32 Å². The minimum Gasteiger partial charge on any atom is -0.469 e. The third kappa shape index (κ3) is 2.75. The molecule has 22 heavy (non-hydrogen) atoms. The molecule has 0 saturated heterocycles. The maximum absolute atomic E-state index is 13.2. The third-order valence-corrected chi connectivity index (χ3v) is 3.80. The van der Waals surface area contributed by atoms with Crippen molar-refractivity contribution < 1.29 is 18.0 Å². The van der Waals surface area contributed by atoms with Crippen molar-refractivity contribution in [3.8, 4) is 11.3 Å². The van der Waals surface area contributed by atoms with Gasteiger partial charge in [-0.2, -0.15) is 0 Å². The summed E-state index contributed by atoms with van der Waals surface area (Å²) in [4.78, 5) is 16.2. The first-order valence-electron chi connectivity index (χ1n) is 6.31. The first kappa shape index (κ1) is 14.4. The van der Waals surface area contributed by atoms with E-state index in [2.05, 4.69) is 10.3 Å². The summed E-state index contributed by atoms with van der Waals surface area (Å²) in [6.07, 6.45) is 1.43. The molecular formula is C15H10F2N2O2S. The Morgan fingerprint density at radius 1 is 1.27 bits per heavy atom. The van der Waals surface area contributed by atoms with Crippen molar-refractivity contribution in [2.75, 3.05) is 5.32 Å². The van der Waals surface area contributed by atoms with E-state index >= 15 is 0 Å². The molecule has 0 bridgehead atoms. The van der Waals surface area contributed by atoms with Crippen LogP contribution in [0, 0.1) is 18.6 Å². The molecule has 0 aliphatic heterocycles. The molecule has 0 unspecified atom stereocenters. The van der Waals surface area contributed by atoms with Crippen molar-refractivity contribution in [1.82, 2.24) is 4.98 Å². The van der Waals surface area contributed by atoms with Gasteiger partial charge in [-0.15, -0.1) is 11.3 Å². The molecule has 0 radical (unpaired) electrons. The van der Waals surface area contributed by atoms with Crippen LogP contribution in [0.2, 0.25) is 0 Å². The van der Waals surface area contributed by atoms with E-state index in [1.807, 2.05) is 0 Å². The number of furan rings is 1. The molecule has 0 aliphatic carbocycles. The van der Waals surface area contributed by atoms with Crippen molar-refractivity contribution in [3.63, 3.8) is 0 Å². The maximum Gasteiger partial charge on any atom is 0.260 e. The van der Waals surface area contributed by atoms with E-state index in [4.69, 9.17) is 4.42 Å². The summed E-state index contributed by atoms with van der Waals surface area (Å²) < 4.78 is 31.2. The number of hydrogen-bond acceptors (Lipinski definition) is 4. The Bertz CT molecular complexity index is 842. The predicted octanol–water partition coefficient (Wildman–Crippen LogP) is 4.24. The van der Waals surface area contributed by atoms with E-state index in [1.165, 1.54) is 23.7 Å². The van der Waals surface area contributed by atoms with Crippen molar-refractivity contribution in [1.29, 1.82) is 0 Å². The molecule has 7 heteroatoms. The van der Waals surface area contributed by atoms with E-state index in [9.17, 15) is 13.6 Å². The zero-order valence-electron chi connectivity index (χ0n) is 11.4. The summed E-state index contributed by atoms with van der Waals surface area (Å²) in [7, 11) is 0. The number of aromatic nitrogens is 1. The second kappa shape index (κ2) is 5.69. The highest BCUT2D eigenvalue weighted by atomic mass is 32.1. The van der Waals surface area contributed by atoms with Gasteiger partial charge in [0, 0.05) is 10.9 Å². The van der Waals surface area contributed by atoms with Gasteiger partial charge >= 0.3 is 0 Å². The van der Waals surface area contributed by atoms with Crippen molar-refractivity contribution in [2.45, 2.75) is 6.92 Å². The summed E-state index contributed by atoms with van der Waals surface area (Å²) in [6.45, 7) is 1.68. The van der Waals surface area contributed by atoms with Crippen molar-refractivity contribution in [3.05, 3.63) is 58.9 Å². The largest absolute Gasteiger partial charge is 0.469 e. The maximum atomic E-state index is 13.2. The van der Waals surface area contributed by atoms with Gasteiger partial charge in [-0.1, -0.05) is 0 Å². The lowest BCUT2D eigenvalue weighted by atomic mass is 10.2. The van der Waals surface area contributed by atoms with Gasteiger partial charge in [0.15, 0.2) is 16.8 Å². The SMILES string of the molecule is Cc1occc1C(=O)Nc1nc(-c2ccc(F)c(F)c2)cs1. The molecule has 0 aliphatic rings. The molecule has 1 N–H and O–H groups in total. The Kier molecular flexibility index (Phi) is 3.72. The average Bonchev–Trinajstić information content (AvgIpc) is 3.11. The van der Waals surface area contributed by atoms with Crippen LogP contribution in [0.25, 0.3) is 11.3 Å². The molecule has 0 atom stereocenters. The summed E-state index contributed by atoms with van der Waals surface area (Å²) >= 11 is 1.20. The van der Waals surface area contributed by atoms with Crippen LogP contribution in [0.5, 0.6) is 0 Å². The van der Waals surface area contributed by atoms with Gasteiger partial charge in [-0.05, 0) is 31.2 Å². The molecule has 112 valence electrons. The van der Waals surface area contributed by atoms with Crippen LogP contribution in [0.3, 0.4) is 0 Å². The van der Waals surface area contributed by atoms with E-state index in [1.54, 1.807) is 18.4 Å². The molecule has 2 heterocycles. The number of carbonyl (C=O) groups excluding carboxylic acids is 1. The minimum atomic E-state index is -0.940. The van der Waals surface area contributed by atoms with Gasteiger partial charge in [0.25, 0.3) is 5.91 Å². The van der Waals surface area contributed by atoms with Gasteiger partial charge in [0.05, 0.1) is 17.5 Å². The lowest BCUT2D eigenvalue weighted by molar-refractivity contribution is 0.102. The molecule has 1 aromatic carbocycles. The highest BCUT2D eigenvalue weighted by Crippen LogP contribution is 2.26. The highest BCUT2D eigenvalue weighted by molar-refractivity contribution is 7.14. The topological polar surface area (TPSA) is 55.1 Å². The number of anilines is 1. The number of hydrogen-bond donors (Lipinski definition) is 1. The standard InChI is InChI=1S/C15H10F2N2O2S/c1-8-10(4-5-21-8)14(20)19-15-18-13(7-22-15)9-2-3-11(16)12(17)6-9/h2-7H,1H3,(H,18,19,20). The third-order valence-electron chi connectivity index (χ3n) is 3.04. The van der Waals surface area contributed by atoms with E-state index in [0.29, 0.717) is 27.7 Å². The molecule has 0 spiro atoms. The van der Waals surface area contributed by atoms with Gasteiger partial charge in [-0.25, -0.2) is 13.8 Å². The van der Waals surface area contributed by atoms with Gasteiger partial charge in [0.2, 0.25) is 0 Å². The van der Waals surface area contributed by atoms with Gasteiger partial charge < -0.3 is 4.42 Å². The summed E-state index contributed by atoms with van der Waals surface area (Å²) in [5.41, 5.74) is 1.32. The second-order valence-corrected chi connectivity index (χ2v) is 5.37. The average molecular weight is 320 g/mol. The smallest absolute Gasteiger partial charge is 0.260 e. The molecule has 4 nitrogen and oxygen atoms in total. The van der Waals surface area contributed by atoms with Crippen molar-refractivity contribution in [2.24, 2.45) is 0 Å². The molecule has 3 aromatic rings. The monoisotopic (exact) mass is 320 g/mol. The number of rotatable bonds is 3.